The molecule has 0 saturated carbocycles. The van der Waals surface area contributed by atoms with Crippen LogP contribution in [0.3, 0.4) is 0 Å². The highest BCUT2D eigenvalue weighted by Gasteiger charge is 2.09. The molecule has 0 radical (unpaired) electrons. The molecule has 0 fully saturated rings. The first-order chi connectivity index (χ1) is 9.10. The number of carbonyl (C=O) groups is 1. The second-order valence-electron chi connectivity index (χ2n) is 4.19. The predicted molar refractivity (Wildman–Crippen MR) is 71.8 cm³/mol. The van der Waals surface area contributed by atoms with Gasteiger partial charge < -0.3 is 9.84 Å². The zero-order valence-electron chi connectivity index (χ0n) is 10.9. The third-order valence-corrected chi connectivity index (χ3v) is 2.84. The molecule has 2 aromatic rings. The van der Waals surface area contributed by atoms with Gasteiger partial charge in [0, 0.05) is 6.07 Å². The van der Waals surface area contributed by atoms with E-state index < -0.39 is 5.97 Å². The molecule has 0 bridgehead atoms. The van der Waals surface area contributed by atoms with Crippen molar-refractivity contribution in [2.24, 2.45) is 0 Å². The average Bonchev–Trinajstić information content (AvgIpc) is 2.39. The van der Waals surface area contributed by atoms with E-state index in [9.17, 15) is 4.79 Å². The van der Waals surface area contributed by atoms with Gasteiger partial charge in [0.1, 0.15) is 5.75 Å². The van der Waals surface area contributed by atoms with Gasteiger partial charge in [0.15, 0.2) is 0 Å². The smallest absolute Gasteiger partial charge is 0.337 e. The van der Waals surface area contributed by atoms with Crippen LogP contribution in [0, 0.1) is 6.92 Å². The van der Waals surface area contributed by atoms with Crippen LogP contribution in [0.15, 0.2) is 36.4 Å². The Hall–Kier alpha value is -2.36. The van der Waals surface area contributed by atoms with Gasteiger partial charge in [-0.15, -0.1) is 0 Å². The molecule has 0 amide bonds. The van der Waals surface area contributed by atoms with Gasteiger partial charge in [-0.05, 0) is 37.1 Å². The Balaban J connectivity index is 2.18. The second-order valence-corrected chi connectivity index (χ2v) is 4.19. The first kappa shape index (κ1) is 13.1. The van der Waals surface area contributed by atoms with Crippen LogP contribution in [0.5, 0.6) is 11.6 Å². The van der Waals surface area contributed by atoms with Crippen molar-refractivity contribution in [1.29, 1.82) is 0 Å². The number of pyridine rings is 1. The number of hydrogen-bond donors (Lipinski definition) is 1. The largest absolute Gasteiger partial charge is 0.478 e. The third-order valence-electron chi connectivity index (χ3n) is 2.84. The van der Waals surface area contributed by atoms with Crippen molar-refractivity contribution in [3.63, 3.8) is 0 Å². The van der Waals surface area contributed by atoms with Gasteiger partial charge in [0.2, 0.25) is 5.88 Å². The van der Waals surface area contributed by atoms with E-state index >= 15 is 0 Å². The number of benzene rings is 1. The van der Waals surface area contributed by atoms with Crippen molar-refractivity contribution >= 4 is 5.97 Å². The number of rotatable bonds is 4. The van der Waals surface area contributed by atoms with Gasteiger partial charge in [-0.25, -0.2) is 9.78 Å². The van der Waals surface area contributed by atoms with E-state index in [1.165, 1.54) is 11.6 Å². The summed E-state index contributed by atoms with van der Waals surface area (Å²) in [7, 11) is 0. The topological polar surface area (TPSA) is 59.4 Å². The van der Waals surface area contributed by atoms with Crippen molar-refractivity contribution in [3.05, 3.63) is 53.2 Å². The summed E-state index contributed by atoms with van der Waals surface area (Å²) in [5.41, 5.74) is 1.86. The first-order valence-electron chi connectivity index (χ1n) is 6.08. The molecule has 98 valence electrons. The van der Waals surface area contributed by atoms with Crippen molar-refractivity contribution in [1.82, 2.24) is 4.98 Å². The number of carboxylic acids is 1. The monoisotopic (exact) mass is 257 g/mol. The van der Waals surface area contributed by atoms with Gasteiger partial charge in [0.05, 0.1) is 11.3 Å². The number of hydrogen-bond acceptors (Lipinski definition) is 3. The van der Waals surface area contributed by atoms with E-state index in [1.807, 2.05) is 24.3 Å². The Morgan fingerprint density at radius 3 is 2.42 bits per heavy atom. The molecular weight excluding hydrogens is 242 g/mol. The SMILES string of the molecule is CCc1ccc(Oc2ccc(C(=O)O)c(C)n2)cc1. The summed E-state index contributed by atoms with van der Waals surface area (Å²) in [5.74, 6) is 0.0998. The van der Waals surface area contributed by atoms with E-state index in [4.69, 9.17) is 9.84 Å². The molecule has 0 saturated heterocycles. The molecule has 19 heavy (non-hydrogen) atoms. The molecule has 1 heterocycles. The van der Waals surface area contributed by atoms with Crippen LogP contribution in [0.25, 0.3) is 0 Å². The van der Waals surface area contributed by atoms with Gasteiger partial charge in [-0.3, -0.25) is 0 Å². The maximum Gasteiger partial charge on any atom is 0.337 e. The van der Waals surface area contributed by atoms with Gasteiger partial charge in [-0.2, -0.15) is 0 Å². The lowest BCUT2D eigenvalue weighted by Gasteiger charge is -2.07. The normalized spacial score (nSPS) is 10.2. The summed E-state index contributed by atoms with van der Waals surface area (Å²) in [6, 6.07) is 10.8. The second kappa shape index (κ2) is 5.52. The minimum atomic E-state index is -0.983. The van der Waals surface area contributed by atoms with Crippen molar-refractivity contribution in [3.8, 4) is 11.6 Å². The van der Waals surface area contributed by atoms with E-state index in [0.717, 1.165) is 6.42 Å². The summed E-state index contributed by atoms with van der Waals surface area (Å²) in [6.07, 6.45) is 0.977. The molecule has 0 atom stereocenters. The van der Waals surface area contributed by atoms with Crippen LogP contribution < -0.4 is 4.74 Å². The molecule has 1 N–H and O–H groups in total. The van der Waals surface area contributed by atoms with Crippen molar-refractivity contribution in [2.45, 2.75) is 20.3 Å². The molecule has 2 rings (SSSR count). The Bertz CT molecular complexity index is 591. The highest BCUT2D eigenvalue weighted by Crippen LogP contribution is 2.21. The number of aromatic carboxylic acids is 1. The van der Waals surface area contributed by atoms with Crippen LogP contribution in [0.2, 0.25) is 0 Å². The highest BCUT2D eigenvalue weighted by atomic mass is 16.5. The Labute approximate surface area is 111 Å². The van der Waals surface area contributed by atoms with Gasteiger partial charge in [0.25, 0.3) is 0 Å². The number of ether oxygens (including phenoxy) is 1. The van der Waals surface area contributed by atoms with E-state index in [-0.39, 0.29) is 5.56 Å². The van der Waals surface area contributed by atoms with Crippen LogP contribution in [0.4, 0.5) is 0 Å². The standard InChI is InChI=1S/C15H15NO3/c1-3-11-4-6-12(7-5-11)19-14-9-8-13(15(17)18)10(2)16-14/h4-9H,3H2,1-2H3,(H,17,18). The Morgan fingerprint density at radius 1 is 1.21 bits per heavy atom. The number of aromatic nitrogens is 1. The molecule has 0 aliphatic rings. The fraction of sp³-hybridized carbons (Fsp3) is 0.200. The van der Waals surface area contributed by atoms with E-state index in [1.54, 1.807) is 13.0 Å². The van der Waals surface area contributed by atoms with Crippen LogP contribution >= 0.6 is 0 Å². The summed E-state index contributed by atoms with van der Waals surface area (Å²) >= 11 is 0. The quantitative estimate of drug-likeness (QED) is 0.911. The number of carboxylic acid groups (broad SMARTS) is 1. The Kier molecular flexibility index (Phi) is 3.80. The lowest BCUT2D eigenvalue weighted by molar-refractivity contribution is 0.0695. The number of nitrogens with zero attached hydrogens (tertiary/aromatic N) is 1. The minimum Gasteiger partial charge on any atom is -0.478 e. The molecule has 1 aromatic carbocycles. The molecule has 0 unspecified atom stereocenters. The maximum atomic E-state index is 10.9. The summed E-state index contributed by atoms with van der Waals surface area (Å²) < 4.78 is 5.59. The summed E-state index contributed by atoms with van der Waals surface area (Å²) in [5, 5.41) is 8.92. The lowest BCUT2D eigenvalue weighted by Crippen LogP contribution is -2.02. The zero-order valence-corrected chi connectivity index (χ0v) is 10.9. The lowest BCUT2D eigenvalue weighted by atomic mass is 10.2. The van der Waals surface area contributed by atoms with Crippen LogP contribution in [-0.4, -0.2) is 16.1 Å². The van der Waals surface area contributed by atoms with Crippen molar-refractivity contribution < 1.29 is 14.6 Å². The fourth-order valence-corrected chi connectivity index (χ4v) is 1.73. The van der Waals surface area contributed by atoms with Gasteiger partial charge >= 0.3 is 5.97 Å². The van der Waals surface area contributed by atoms with Gasteiger partial charge in [-0.1, -0.05) is 19.1 Å². The molecule has 4 nitrogen and oxygen atoms in total. The van der Waals surface area contributed by atoms with Crippen LogP contribution in [-0.2, 0) is 6.42 Å². The van der Waals surface area contributed by atoms with Crippen LogP contribution in [0.1, 0.15) is 28.5 Å². The molecule has 0 aliphatic carbocycles. The average molecular weight is 257 g/mol. The van der Waals surface area contributed by atoms with E-state index in [0.29, 0.717) is 17.3 Å². The third kappa shape index (κ3) is 3.10. The molecule has 4 heteroatoms. The highest BCUT2D eigenvalue weighted by molar-refractivity contribution is 5.88. The minimum absolute atomic E-state index is 0.189. The predicted octanol–water partition coefficient (Wildman–Crippen LogP) is 3.44. The first-order valence-corrected chi connectivity index (χ1v) is 6.08. The molecular formula is C15H15NO3. The summed E-state index contributed by atoms with van der Waals surface area (Å²) in [4.78, 5) is 15.0. The summed E-state index contributed by atoms with van der Waals surface area (Å²) in [6.45, 7) is 3.74. The number of aryl methyl sites for hydroxylation is 2. The van der Waals surface area contributed by atoms with Crippen molar-refractivity contribution in [2.75, 3.05) is 0 Å². The zero-order chi connectivity index (χ0) is 13.8. The Morgan fingerprint density at radius 2 is 1.89 bits per heavy atom. The maximum absolute atomic E-state index is 10.9. The molecule has 1 aromatic heterocycles. The molecule has 0 aliphatic heterocycles. The van der Waals surface area contributed by atoms with E-state index in [2.05, 4.69) is 11.9 Å². The fourth-order valence-electron chi connectivity index (χ4n) is 1.73. The molecule has 0 spiro atoms.